The van der Waals surface area contributed by atoms with Gasteiger partial charge >= 0.3 is 6.09 Å². The lowest BCUT2D eigenvalue weighted by Gasteiger charge is -2.18. The number of rotatable bonds is 1. The van der Waals surface area contributed by atoms with Gasteiger partial charge in [0.25, 0.3) is 0 Å². The number of ether oxygens (including phenoxy) is 1. The Morgan fingerprint density at radius 1 is 1.45 bits per heavy atom. The summed E-state index contributed by atoms with van der Waals surface area (Å²) in [4.78, 5) is 22.5. The Morgan fingerprint density at radius 3 is 3.00 bits per heavy atom. The van der Waals surface area contributed by atoms with Crippen molar-refractivity contribution in [3.63, 3.8) is 0 Å². The first-order chi connectivity index (χ1) is 9.44. The van der Waals surface area contributed by atoms with E-state index in [-0.39, 0.29) is 6.54 Å². The van der Waals surface area contributed by atoms with Crippen LogP contribution in [0.1, 0.15) is 26.3 Å². The van der Waals surface area contributed by atoms with Crippen LogP contribution in [0, 0.1) is 11.8 Å². The Bertz CT molecular complexity index is 674. The zero-order valence-corrected chi connectivity index (χ0v) is 11.7. The summed E-state index contributed by atoms with van der Waals surface area (Å²) in [5.41, 5.74) is 1.74. The fraction of sp³-hybridized carbons (Fsp3) is 0.357. The number of hydrogen-bond donors (Lipinski definition) is 2. The van der Waals surface area contributed by atoms with E-state index in [9.17, 15) is 4.79 Å². The van der Waals surface area contributed by atoms with Gasteiger partial charge in [0.05, 0.1) is 18.4 Å². The monoisotopic (exact) mass is 272 g/mol. The van der Waals surface area contributed by atoms with Crippen LogP contribution < -0.4 is 5.32 Å². The summed E-state index contributed by atoms with van der Waals surface area (Å²) >= 11 is 0. The molecule has 0 aromatic carbocycles. The van der Waals surface area contributed by atoms with Gasteiger partial charge < -0.3 is 15.0 Å². The molecule has 1 amide bonds. The molecule has 0 spiro atoms. The van der Waals surface area contributed by atoms with E-state index in [1.165, 1.54) is 0 Å². The highest BCUT2D eigenvalue weighted by molar-refractivity contribution is 5.71. The lowest BCUT2D eigenvalue weighted by atomic mass is 10.2. The van der Waals surface area contributed by atoms with E-state index >= 15 is 0 Å². The van der Waals surface area contributed by atoms with Crippen LogP contribution in [0.25, 0.3) is 11.2 Å². The number of pyridine rings is 1. The van der Waals surface area contributed by atoms with Gasteiger partial charge in [-0.1, -0.05) is 11.8 Å². The summed E-state index contributed by atoms with van der Waals surface area (Å²) < 4.78 is 5.09. The summed E-state index contributed by atoms with van der Waals surface area (Å²) in [6.07, 6.45) is 2.75. The number of amides is 1. The number of aromatic amines is 1. The number of nitrogens with zero attached hydrogens (tertiary/aromatic N) is 2. The molecule has 6 nitrogen and oxygen atoms in total. The number of fused-ring (bicyclic) bond motifs is 1. The zero-order chi connectivity index (χ0) is 14.6. The van der Waals surface area contributed by atoms with Crippen LogP contribution in [-0.4, -0.2) is 33.2 Å². The van der Waals surface area contributed by atoms with Crippen molar-refractivity contribution in [1.82, 2.24) is 20.3 Å². The zero-order valence-electron chi connectivity index (χ0n) is 11.7. The molecule has 0 aliphatic rings. The first kappa shape index (κ1) is 13.9. The summed E-state index contributed by atoms with van der Waals surface area (Å²) in [5, 5.41) is 2.57. The smallest absolute Gasteiger partial charge is 0.408 e. The molecule has 0 aliphatic heterocycles. The molecule has 0 atom stereocenters. The molecule has 2 rings (SSSR count). The SMILES string of the molecule is CC(C)(C)OC(=O)NCC#Cc1cnc2nc[nH]c2c1. The molecule has 0 radical (unpaired) electrons. The molecule has 0 aliphatic carbocycles. The molecule has 0 unspecified atom stereocenters. The molecule has 2 aromatic heterocycles. The number of carbonyl (C=O) groups excluding carboxylic acids is 1. The maximum atomic E-state index is 11.4. The van der Waals surface area contributed by atoms with E-state index in [1.54, 1.807) is 12.5 Å². The molecule has 2 aromatic rings. The molecule has 0 saturated heterocycles. The predicted molar refractivity (Wildman–Crippen MR) is 75.0 cm³/mol. The van der Waals surface area contributed by atoms with E-state index in [0.29, 0.717) is 5.65 Å². The fourth-order valence-electron chi connectivity index (χ4n) is 1.47. The van der Waals surface area contributed by atoms with Gasteiger partial charge in [0.15, 0.2) is 5.65 Å². The third kappa shape index (κ3) is 3.99. The van der Waals surface area contributed by atoms with Crippen molar-refractivity contribution >= 4 is 17.3 Å². The van der Waals surface area contributed by atoms with Crippen molar-refractivity contribution in [2.45, 2.75) is 26.4 Å². The average Bonchev–Trinajstić information content (AvgIpc) is 2.79. The highest BCUT2D eigenvalue weighted by Crippen LogP contribution is 2.07. The fourth-order valence-corrected chi connectivity index (χ4v) is 1.47. The molecule has 0 fully saturated rings. The Balaban J connectivity index is 1.89. The lowest BCUT2D eigenvalue weighted by molar-refractivity contribution is 0.0535. The van der Waals surface area contributed by atoms with Gasteiger partial charge in [0.2, 0.25) is 0 Å². The number of hydrogen-bond acceptors (Lipinski definition) is 4. The van der Waals surface area contributed by atoms with Crippen LogP contribution in [0.15, 0.2) is 18.6 Å². The summed E-state index contributed by atoms with van der Waals surface area (Å²) in [6, 6.07) is 1.86. The second-order valence-corrected chi connectivity index (χ2v) is 5.15. The van der Waals surface area contributed by atoms with Crippen molar-refractivity contribution in [3.05, 3.63) is 24.2 Å². The van der Waals surface area contributed by atoms with Crippen LogP contribution >= 0.6 is 0 Å². The third-order valence-electron chi connectivity index (χ3n) is 2.23. The number of nitrogens with one attached hydrogen (secondary N) is 2. The third-order valence-corrected chi connectivity index (χ3v) is 2.23. The molecule has 104 valence electrons. The average molecular weight is 272 g/mol. The van der Waals surface area contributed by atoms with Crippen molar-refractivity contribution in [3.8, 4) is 11.8 Å². The molecule has 2 N–H and O–H groups in total. The first-order valence-corrected chi connectivity index (χ1v) is 6.19. The predicted octanol–water partition coefficient (Wildman–Crippen LogP) is 1.83. The van der Waals surface area contributed by atoms with Crippen LogP contribution in [0.3, 0.4) is 0 Å². The molecule has 6 heteroatoms. The van der Waals surface area contributed by atoms with Crippen LogP contribution in [0.5, 0.6) is 0 Å². The van der Waals surface area contributed by atoms with Crippen LogP contribution in [0.2, 0.25) is 0 Å². The number of carbonyl (C=O) groups is 1. The minimum Gasteiger partial charge on any atom is -0.444 e. The second kappa shape index (κ2) is 5.61. The minimum atomic E-state index is -0.507. The Kier molecular flexibility index (Phi) is 3.89. The van der Waals surface area contributed by atoms with Gasteiger partial charge in [0, 0.05) is 11.8 Å². The maximum absolute atomic E-state index is 11.4. The highest BCUT2D eigenvalue weighted by atomic mass is 16.6. The number of imidazole rings is 1. The molecule has 2 heterocycles. The Morgan fingerprint density at radius 2 is 2.25 bits per heavy atom. The second-order valence-electron chi connectivity index (χ2n) is 5.15. The van der Waals surface area contributed by atoms with Gasteiger partial charge in [-0.25, -0.2) is 14.8 Å². The topological polar surface area (TPSA) is 79.9 Å². The van der Waals surface area contributed by atoms with E-state index in [4.69, 9.17) is 4.74 Å². The van der Waals surface area contributed by atoms with Crippen LogP contribution in [-0.2, 0) is 4.74 Å². The van der Waals surface area contributed by atoms with E-state index in [1.807, 2.05) is 26.8 Å². The van der Waals surface area contributed by atoms with Crippen LogP contribution in [0.4, 0.5) is 4.79 Å². The van der Waals surface area contributed by atoms with E-state index < -0.39 is 11.7 Å². The molecule has 0 bridgehead atoms. The number of aromatic nitrogens is 3. The van der Waals surface area contributed by atoms with E-state index in [2.05, 4.69) is 32.1 Å². The standard InChI is InChI=1S/C14H16N4O2/c1-14(2,3)20-13(19)15-6-4-5-10-7-11-12(16-8-10)18-9-17-11/h7-9H,6H2,1-3H3,(H,15,19)(H,16,17,18). The first-order valence-electron chi connectivity index (χ1n) is 6.19. The van der Waals surface area contributed by atoms with Gasteiger partial charge in [-0.2, -0.15) is 0 Å². The molecule has 20 heavy (non-hydrogen) atoms. The lowest BCUT2D eigenvalue weighted by Crippen LogP contribution is -2.32. The summed E-state index contributed by atoms with van der Waals surface area (Å²) in [7, 11) is 0. The minimum absolute atomic E-state index is 0.218. The number of H-pyrrole nitrogens is 1. The molecule has 0 saturated carbocycles. The van der Waals surface area contributed by atoms with Crippen molar-refractivity contribution in [2.75, 3.05) is 6.54 Å². The normalized spacial score (nSPS) is 10.8. The van der Waals surface area contributed by atoms with Crippen molar-refractivity contribution in [1.29, 1.82) is 0 Å². The maximum Gasteiger partial charge on any atom is 0.408 e. The van der Waals surface area contributed by atoms with Gasteiger partial charge in [-0.05, 0) is 26.8 Å². The Labute approximate surface area is 117 Å². The van der Waals surface area contributed by atoms with Gasteiger partial charge in [-0.15, -0.1) is 0 Å². The highest BCUT2D eigenvalue weighted by Gasteiger charge is 2.14. The van der Waals surface area contributed by atoms with E-state index in [0.717, 1.165) is 11.1 Å². The summed E-state index contributed by atoms with van der Waals surface area (Å²) in [6.45, 7) is 5.65. The van der Waals surface area contributed by atoms with Gasteiger partial charge in [-0.3, -0.25) is 0 Å². The molecular weight excluding hydrogens is 256 g/mol. The summed E-state index contributed by atoms with van der Waals surface area (Å²) in [5.74, 6) is 5.75. The largest absolute Gasteiger partial charge is 0.444 e. The molecular formula is C14H16N4O2. The quantitative estimate of drug-likeness (QED) is 0.776. The van der Waals surface area contributed by atoms with Crippen molar-refractivity contribution in [2.24, 2.45) is 0 Å². The van der Waals surface area contributed by atoms with Crippen molar-refractivity contribution < 1.29 is 9.53 Å². The number of alkyl carbamates (subject to hydrolysis) is 1. The van der Waals surface area contributed by atoms with Gasteiger partial charge in [0.1, 0.15) is 5.60 Å². The Hall–Kier alpha value is -2.55.